The molecule has 0 radical (unpaired) electrons. The van der Waals surface area contributed by atoms with Gasteiger partial charge in [0.15, 0.2) is 0 Å². The number of carbonyl (C=O) groups is 1. The fourth-order valence-electron chi connectivity index (χ4n) is 2.01. The summed E-state index contributed by atoms with van der Waals surface area (Å²) in [6.45, 7) is 3.72. The van der Waals surface area contributed by atoms with Crippen molar-refractivity contribution >= 4 is 11.7 Å². The van der Waals surface area contributed by atoms with Crippen molar-refractivity contribution in [2.75, 3.05) is 11.9 Å². The van der Waals surface area contributed by atoms with Crippen LogP contribution >= 0.6 is 0 Å². The number of anilines is 1. The minimum atomic E-state index is -0.325. The highest BCUT2D eigenvalue weighted by molar-refractivity contribution is 5.89. The number of aliphatic hydroxyl groups excluding tert-OH is 1. The van der Waals surface area contributed by atoms with Crippen molar-refractivity contribution in [3.63, 3.8) is 0 Å². The molecule has 2 rings (SSSR count). The van der Waals surface area contributed by atoms with Gasteiger partial charge in [0.2, 0.25) is 0 Å². The van der Waals surface area contributed by atoms with Gasteiger partial charge < -0.3 is 20.5 Å². The third-order valence-corrected chi connectivity index (χ3v) is 3.83. The Balaban J connectivity index is 1.90. The molecule has 0 aliphatic heterocycles. The largest absolute Gasteiger partial charge is 0.457 e. The normalized spacial score (nSPS) is 12.6. The van der Waals surface area contributed by atoms with E-state index in [1.807, 2.05) is 13.8 Å². The van der Waals surface area contributed by atoms with E-state index in [-0.39, 0.29) is 24.6 Å². The van der Waals surface area contributed by atoms with Crippen molar-refractivity contribution in [2.45, 2.75) is 19.9 Å². The summed E-state index contributed by atoms with van der Waals surface area (Å²) in [5.74, 6) is 1.23. The van der Waals surface area contributed by atoms with Crippen LogP contribution in [0.3, 0.4) is 0 Å². The van der Waals surface area contributed by atoms with Crippen LogP contribution in [0, 0.1) is 17.2 Å². The summed E-state index contributed by atoms with van der Waals surface area (Å²) in [5.41, 5.74) is 1.20. The van der Waals surface area contributed by atoms with Gasteiger partial charge in [-0.15, -0.1) is 0 Å². The van der Waals surface area contributed by atoms with Gasteiger partial charge in [0.25, 0.3) is 0 Å². The maximum atomic E-state index is 11.9. The van der Waals surface area contributed by atoms with Crippen LogP contribution in [0.15, 0.2) is 48.5 Å². The summed E-state index contributed by atoms with van der Waals surface area (Å²) in [6.07, 6.45) is 0. The maximum Gasteiger partial charge on any atom is 0.319 e. The number of urea groups is 1. The second-order valence-corrected chi connectivity index (χ2v) is 5.81. The smallest absolute Gasteiger partial charge is 0.319 e. The molecule has 2 aromatic rings. The summed E-state index contributed by atoms with van der Waals surface area (Å²) < 4.78 is 5.68. The lowest BCUT2D eigenvalue weighted by atomic mass is 10.1. The quantitative estimate of drug-likeness (QED) is 0.751. The van der Waals surface area contributed by atoms with Crippen LogP contribution in [-0.4, -0.2) is 23.8 Å². The number of amides is 2. The van der Waals surface area contributed by atoms with Crippen molar-refractivity contribution < 1.29 is 14.6 Å². The predicted molar refractivity (Wildman–Crippen MR) is 95.5 cm³/mol. The van der Waals surface area contributed by atoms with Crippen molar-refractivity contribution in [3.8, 4) is 17.6 Å². The Bertz CT molecular complexity index is 736. The number of hydrogen-bond acceptors (Lipinski definition) is 4. The number of aliphatic hydroxyl groups is 1. The van der Waals surface area contributed by atoms with E-state index < -0.39 is 0 Å². The minimum absolute atomic E-state index is 0.0167. The minimum Gasteiger partial charge on any atom is -0.457 e. The molecule has 0 spiro atoms. The molecular weight excluding hydrogens is 318 g/mol. The third kappa shape index (κ3) is 5.52. The van der Waals surface area contributed by atoms with Crippen LogP contribution in [0.4, 0.5) is 10.5 Å². The van der Waals surface area contributed by atoms with Gasteiger partial charge in [0, 0.05) is 18.3 Å². The molecule has 0 aliphatic rings. The molecule has 3 N–H and O–H groups in total. The van der Waals surface area contributed by atoms with Crippen LogP contribution in [-0.2, 0) is 0 Å². The van der Waals surface area contributed by atoms with Crippen LogP contribution in [0.2, 0.25) is 0 Å². The summed E-state index contributed by atoms with van der Waals surface area (Å²) in [7, 11) is 0. The standard InChI is InChI=1S/C19H21N3O3/c1-13(12-23)14(2)21-19(24)22-16-5-9-18(10-6-16)25-17-7-3-15(11-20)4-8-17/h3-10,13-14,23H,12H2,1-2H3,(H2,21,22,24). The fraction of sp³-hybridized carbons (Fsp3) is 0.263. The van der Waals surface area contributed by atoms with Gasteiger partial charge in [0.1, 0.15) is 11.5 Å². The Morgan fingerprint density at radius 1 is 1.12 bits per heavy atom. The van der Waals surface area contributed by atoms with E-state index in [1.54, 1.807) is 48.5 Å². The molecule has 2 aromatic carbocycles. The number of rotatable bonds is 6. The van der Waals surface area contributed by atoms with Crippen molar-refractivity contribution in [1.82, 2.24) is 5.32 Å². The molecule has 2 unspecified atom stereocenters. The zero-order chi connectivity index (χ0) is 18.2. The second-order valence-electron chi connectivity index (χ2n) is 5.81. The van der Waals surface area contributed by atoms with Crippen LogP contribution in [0.25, 0.3) is 0 Å². The van der Waals surface area contributed by atoms with Crippen molar-refractivity contribution in [2.24, 2.45) is 5.92 Å². The van der Waals surface area contributed by atoms with Crippen molar-refractivity contribution in [3.05, 3.63) is 54.1 Å². The Labute approximate surface area is 147 Å². The zero-order valence-electron chi connectivity index (χ0n) is 14.2. The summed E-state index contributed by atoms with van der Waals surface area (Å²) in [6, 6.07) is 15.4. The van der Waals surface area contributed by atoms with E-state index in [1.165, 1.54) is 0 Å². The number of benzene rings is 2. The van der Waals surface area contributed by atoms with E-state index in [4.69, 9.17) is 15.1 Å². The zero-order valence-corrected chi connectivity index (χ0v) is 14.2. The van der Waals surface area contributed by atoms with Crippen molar-refractivity contribution in [1.29, 1.82) is 5.26 Å². The number of nitrogens with one attached hydrogen (secondary N) is 2. The van der Waals surface area contributed by atoms with Gasteiger partial charge in [-0.1, -0.05) is 6.92 Å². The first-order chi connectivity index (χ1) is 12.0. The first-order valence-corrected chi connectivity index (χ1v) is 7.98. The highest BCUT2D eigenvalue weighted by Gasteiger charge is 2.13. The molecule has 0 saturated heterocycles. The molecular formula is C19H21N3O3. The lowest BCUT2D eigenvalue weighted by Crippen LogP contribution is -2.40. The lowest BCUT2D eigenvalue weighted by molar-refractivity contribution is 0.204. The first-order valence-electron chi connectivity index (χ1n) is 7.98. The predicted octanol–water partition coefficient (Wildman–Crippen LogP) is 3.49. The Morgan fingerprint density at radius 3 is 2.20 bits per heavy atom. The van der Waals surface area contributed by atoms with Gasteiger partial charge in [-0.3, -0.25) is 0 Å². The van der Waals surface area contributed by atoms with E-state index in [2.05, 4.69) is 16.7 Å². The molecule has 2 atom stereocenters. The van der Waals surface area contributed by atoms with Gasteiger partial charge in [-0.25, -0.2) is 4.79 Å². The molecule has 6 nitrogen and oxygen atoms in total. The molecule has 6 heteroatoms. The maximum absolute atomic E-state index is 11.9. The van der Waals surface area contributed by atoms with Crippen LogP contribution < -0.4 is 15.4 Å². The van der Waals surface area contributed by atoms with Gasteiger partial charge >= 0.3 is 6.03 Å². The monoisotopic (exact) mass is 339 g/mol. The van der Waals surface area contributed by atoms with Crippen LogP contribution in [0.1, 0.15) is 19.4 Å². The average molecular weight is 339 g/mol. The van der Waals surface area contributed by atoms with Gasteiger partial charge in [0.05, 0.1) is 11.6 Å². The second kappa shape index (κ2) is 8.71. The third-order valence-electron chi connectivity index (χ3n) is 3.83. The molecule has 2 amide bonds. The molecule has 0 fully saturated rings. The lowest BCUT2D eigenvalue weighted by Gasteiger charge is -2.19. The molecule has 0 aliphatic carbocycles. The summed E-state index contributed by atoms with van der Waals surface area (Å²) in [5, 5.41) is 23.4. The average Bonchev–Trinajstić information content (AvgIpc) is 2.63. The number of nitrogens with zero attached hydrogens (tertiary/aromatic N) is 1. The van der Waals surface area contributed by atoms with Crippen LogP contribution in [0.5, 0.6) is 11.5 Å². The van der Waals surface area contributed by atoms with E-state index >= 15 is 0 Å². The molecule has 0 heterocycles. The Morgan fingerprint density at radius 2 is 1.68 bits per heavy atom. The topological polar surface area (TPSA) is 94.4 Å². The first kappa shape index (κ1) is 18.3. The number of ether oxygens (including phenoxy) is 1. The summed E-state index contributed by atoms with van der Waals surface area (Å²) >= 11 is 0. The number of hydrogen-bond donors (Lipinski definition) is 3. The number of carbonyl (C=O) groups excluding carboxylic acids is 1. The van der Waals surface area contributed by atoms with Gasteiger partial charge in [-0.2, -0.15) is 5.26 Å². The molecule has 0 saturated carbocycles. The van der Waals surface area contributed by atoms with Gasteiger partial charge in [-0.05, 0) is 61.4 Å². The molecule has 0 bridgehead atoms. The Kier molecular flexibility index (Phi) is 6.38. The molecule has 25 heavy (non-hydrogen) atoms. The van der Waals surface area contributed by atoms with E-state index in [0.29, 0.717) is 22.7 Å². The highest BCUT2D eigenvalue weighted by atomic mass is 16.5. The Hall–Kier alpha value is -3.04. The SMILES string of the molecule is CC(CO)C(C)NC(=O)Nc1ccc(Oc2ccc(C#N)cc2)cc1. The van der Waals surface area contributed by atoms with E-state index in [0.717, 1.165) is 0 Å². The van der Waals surface area contributed by atoms with E-state index in [9.17, 15) is 4.79 Å². The highest BCUT2D eigenvalue weighted by Crippen LogP contribution is 2.23. The molecule has 130 valence electrons. The number of nitriles is 1. The molecule has 0 aromatic heterocycles. The fourth-order valence-corrected chi connectivity index (χ4v) is 2.01. The summed E-state index contributed by atoms with van der Waals surface area (Å²) in [4.78, 5) is 11.9.